The lowest BCUT2D eigenvalue weighted by Crippen LogP contribution is -2.26. The Hall–Kier alpha value is -6.84. The van der Waals surface area contributed by atoms with E-state index in [4.69, 9.17) is 8.83 Å². The fourth-order valence-corrected chi connectivity index (χ4v) is 9.77. The van der Waals surface area contributed by atoms with Gasteiger partial charge in [-0.1, -0.05) is 126 Å². The molecule has 12 rings (SSSR count). The summed E-state index contributed by atoms with van der Waals surface area (Å²) in [6.07, 6.45) is 0. The number of furan rings is 2. The highest BCUT2D eigenvalue weighted by atomic mass is 16.3. The Balaban J connectivity index is 1.33. The standard InChI is InChI=1S/C51H33NO2/c1-30-19-23-32(24-20-30)52(33-25-21-31(2)22-26-33)42-29-41-49(47-37-14-6-10-18-44(37)54-50(42)47)48-40(27-28-45-46(48)36-13-5-9-17-43(36)53-45)51(41)38-15-7-3-11-34(38)35-12-4-8-16-39(35)51/h3-29H,1-2H3. The second-order valence-electron chi connectivity index (χ2n) is 14.9. The Morgan fingerprint density at radius 3 is 1.57 bits per heavy atom. The highest BCUT2D eigenvalue weighted by Gasteiger charge is 2.53. The third-order valence-electron chi connectivity index (χ3n) is 12.0. The Morgan fingerprint density at radius 1 is 0.426 bits per heavy atom. The molecule has 0 atom stereocenters. The van der Waals surface area contributed by atoms with Crippen LogP contribution in [0.25, 0.3) is 66.1 Å². The number of rotatable bonds is 3. The van der Waals surface area contributed by atoms with E-state index in [0.717, 1.165) is 60.9 Å². The number of aryl methyl sites for hydroxylation is 2. The fraction of sp³-hybridized carbons (Fsp3) is 0.0588. The van der Waals surface area contributed by atoms with Crippen molar-refractivity contribution in [1.82, 2.24) is 0 Å². The second-order valence-corrected chi connectivity index (χ2v) is 14.9. The molecular weight excluding hydrogens is 659 g/mol. The SMILES string of the molecule is Cc1ccc(N(c2ccc(C)cc2)c2cc3c(c4c2oc2ccccc24)-c2c(ccc4oc5ccccc5c24)C32c3ccccc3-c3ccccc32)cc1. The molecule has 8 aromatic carbocycles. The molecule has 0 unspecified atom stereocenters. The minimum Gasteiger partial charge on any atom is -0.456 e. The number of nitrogens with zero attached hydrogens (tertiary/aromatic N) is 1. The molecule has 1 spiro atoms. The van der Waals surface area contributed by atoms with Crippen molar-refractivity contribution in [2.24, 2.45) is 0 Å². The summed E-state index contributed by atoms with van der Waals surface area (Å²) in [5.41, 5.74) is 18.6. The van der Waals surface area contributed by atoms with Crippen molar-refractivity contribution < 1.29 is 8.83 Å². The first kappa shape index (κ1) is 29.7. The Bertz CT molecular complexity index is 3090. The number of benzene rings is 8. The zero-order valence-corrected chi connectivity index (χ0v) is 29.9. The summed E-state index contributed by atoms with van der Waals surface area (Å²) in [5.74, 6) is 0. The summed E-state index contributed by atoms with van der Waals surface area (Å²) in [5, 5.41) is 4.50. The van der Waals surface area contributed by atoms with Gasteiger partial charge in [-0.25, -0.2) is 0 Å². The van der Waals surface area contributed by atoms with Crippen LogP contribution in [0.2, 0.25) is 0 Å². The first-order valence-electron chi connectivity index (χ1n) is 18.7. The van der Waals surface area contributed by atoms with Gasteiger partial charge in [-0.15, -0.1) is 0 Å². The van der Waals surface area contributed by atoms with Gasteiger partial charge in [-0.3, -0.25) is 0 Å². The van der Waals surface area contributed by atoms with Crippen molar-refractivity contribution in [1.29, 1.82) is 0 Å². The number of fused-ring (bicyclic) bond motifs is 18. The molecule has 2 heterocycles. The molecule has 0 bridgehead atoms. The third kappa shape index (κ3) is 3.71. The summed E-state index contributed by atoms with van der Waals surface area (Å²) in [7, 11) is 0. The fourth-order valence-electron chi connectivity index (χ4n) is 9.77. The lowest BCUT2D eigenvalue weighted by Gasteiger charge is -2.32. The van der Waals surface area contributed by atoms with Gasteiger partial charge < -0.3 is 13.7 Å². The lowest BCUT2D eigenvalue weighted by molar-refractivity contribution is 0.668. The molecular formula is C51H33NO2. The molecule has 0 saturated carbocycles. The van der Waals surface area contributed by atoms with Gasteiger partial charge in [0, 0.05) is 32.9 Å². The van der Waals surface area contributed by atoms with Crippen LogP contribution in [-0.4, -0.2) is 0 Å². The van der Waals surface area contributed by atoms with Crippen molar-refractivity contribution in [3.63, 3.8) is 0 Å². The molecule has 0 radical (unpaired) electrons. The van der Waals surface area contributed by atoms with Gasteiger partial charge in [-0.05, 0) is 107 Å². The summed E-state index contributed by atoms with van der Waals surface area (Å²) < 4.78 is 13.7. The van der Waals surface area contributed by atoms with Crippen LogP contribution in [0.15, 0.2) is 173 Å². The summed E-state index contributed by atoms with van der Waals surface area (Å²) >= 11 is 0. The Labute approximate surface area is 312 Å². The van der Waals surface area contributed by atoms with Gasteiger partial charge >= 0.3 is 0 Å². The van der Waals surface area contributed by atoms with Gasteiger partial charge in [0.2, 0.25) is 0 Å². The average molecular weight is 692 g/mol. The van der Waals surface area contributed by atoms with E-state index >= 15 is 0 Å². The topological polar surface area (TPSA) is 29.5 Å². The van der Waals surface area contributed by atoms with E-state index in [1.807, 2.05) is 0 Å². The van der Waals surface area contributed by atoms with E-state index in [1.165, 1.54) is 55.6 Å². The minimum absolute atomic E-state index is 0.585. The van der Waals surface area contributed by atoms with Crippen molar-refractivity contribution in [3.05, 3.63) is 197 Å². The molecule has 10 aromatic rings. The molecule has 254 valence electrons. The molecule has 0 saturated heterocycles. The first-order chi connectivity index (χ1) is 26.6. The molecule has 0 N–H and O–H groups in total. The summed E-state index contributed by atoms with van der Waals surface area (Å²) in [6, 6.07) is 59.7. The number of hydrogen-bond acceptors (Lipinski definition) is 3. The van der Waals surface area contributed by atoms with Crippen LogP contribution in [0.5, 0.6) is 0 Å². The van der Waals surface area contributed by atoms with Crippen molar-refractivity contribution in [3.8, 4) is 22.3 Å². The zero-order chi connectivity index (χ0) is 35.7. The number of anilines is 3. The molecule has 2 aromatic heterocycles. The van der Waals surface area contributed by atoms with Crippen LogP contribution in [0.1, 0.15) is 33.4 Å². The zero-order valence-electron chi connectivity index (χ0n) is 29.9. The van der Waals surface area contributed by atoms with Gasteiger partial charge in [0.25, 0.3) is 0 Å². The van der Waals surface area contributed by atoms with E-state index in [0.29, 0.717) is 0 Å². The van der Waals surface area contributed by atoms with E-state index in [-0.39, 0.29) is 0 Å². The van der Waals surface area contributed by atoms with Gasteiger partial charge in [0.1, 0.15) is 16.7 Å². The molecule has 0 fully saturated rings. The van der Waals surface area contributed by atoms with Crippen molar-refractivity contribution in [2.75, 3.05) is 4.90 Å². The van der Waals surface area contributed by atoms with Gasteiger partial charge in [-0.2, -0.15) is 0 Å². The molecule has 2 aliphatic rings. The highest BCUT2D eigenvalue weighted by Crippen LogP contribution is 2.67. The normalized spacial score (nSPS) is 13.5. The highest BCUT2D eigenvalue weighted by molar-refractivity contribution is 6.25. The third-order valence-corrected chi connectivity index (χ3v) is 12.0. The largest absolute Gasteiger partial charge is 0.456 e. The van der Waals surface area contributed by atoms with E-state index in [1.54, 1.807) is 0 Å². The van der Waals surface area contributed by atoms with Gasteiger partial charge in [0.15, 0.2) is 5.58 Å². The number of hydrogen-bond donors (Lipinski definition) is 0. The Morgan fingerprint density at radius 2 is 0.944 bits per heavy atom. The number of para-hydroxylation sites is 2. The van der Waals surface area contributed by atoms with Gasteiger partial charge in [0.05, 0.1) is 11.1 Å². The summed E-state index contributed by atoms with van der Waals surface area (Å²) in [4.78, 5) is 2.39. The van der Waals surface area contributed by atoms with E-state index in [2.05, 4.69) is 183 Å². The molecule has 2 aliphatic carbocycles. The molecule has 3 heteroatoms. The predicted octanol–water partition coefficient (Wildman–Crippen LogP) is 13.9. The quantitative estimate of drug-likeness (QED) is 0.185. The Kier molecular flexibility index (Phi) is 5.84. The van der Waals surface area contributed by atoms with E-state index in [9.17, 15) is 0 Å². The van der Waals surface area contributed by atoms with Crippen molar-refractivity contribution in [2.45, 2.75) is 19.3 Å². The minimum atomic E-state index is -0.585. The maximum absolute atomic E-state index is 7.10. The lowest BCUT2D eigenvalue weighted by atomic mass is 9.70. The van der Waals surface area contributed by atoms with Crippen LogP contribution in [-0.2, 0) is 5.41 Å². The summed E-state index contributed by atoms with van der Waals surface area (Å²) in [6.45, 7) is 4.28. The first-order valence-corrected chi connectivity index (χ1v) is 18.7. The maximum atomic E-state index is 7.10. The predicted molar refractivity (Wildman–Crippen MR) is 221 cm³/mol. The monoisotopic (exact) mass is 691 g/mol. The molecule has 0 aliphatic heterocycles. The van der Waals surface area contributed by atoms with Crippen LogP contribution in [0.3, 0.4) is 0 Å². The second kappa shape index (κ2) is 10.6. The van der Waals surface area contributed by atoms with Crippen LogP contribution < -0.4 is 4.90 Å². The molecule has 54 heavy (non-hydrogen) atoms. The van der Waals surface area contributed by atoms with Crippen LogP contribution >= 0.6 is 0 Å². The maximum Gasteiger partial charge on any atom is 0.160 e. The molecule has 0 amide bonds. The van der Waals surface area contributed by atoms with Crippen LogP contribution in [0.4, 0.5) is 17.1 Å². The van der Waals surface area contributed by atoms with Crippen molar-refractivity contribution >= 4 is 60.9 Å². The van der Waals surface area contributed by atoms with E-state index < -0.39 is 5.41 Å². The average Bonchev–Trinajstić information content (AvgIpc) is 3.94. The molecule has 3 nitrogen and oxygen atoms in total. The van der Waals surface area contributed by atoms with Crippen LogP contribution in [0, 0.1) is 13.8 Å². The smallest absolute Gasteiger partial charge is 0.160 e.